The van der Waals surface area contributed by atoms with Crippen LogP contribution >= 0.6 is 11.6 Å². The van der Waals surface area contributed by atoms with E-state index in [1.54, 1.807) is 12.1 Å². The first-order valence-corrected chi connectivity index (χ1v) is 6.00. The summed E-state index contributed by atoms with van der Waals surface area (Å²) in [4.78, 5) is 10.7. The molecule has 2 aromatic carbocycles. The second kappa shape index (κ2) is 5.69. The number of aryl methyl sites for hydroxylation is 1. The molecule has 2 aromatic rings. The van der Waals surface area contributed by atoms with Gasteiger partial charge in [0.05, 0.1) is 5.02 Å². The van der Waals surface area contributed by atoms with Gasteiger partial charge in [-0.3, -0.25) is 4.79 Å². The van der Waals surface area contributed by atoms with Crippen LogP contribution in [-0.2, 0) is 6.61 Å². The topological polar surface area (TPSA) is 26.3 Å². The Morgan fingerprint density at radius 3 is 2.56 bits per heavy atom. The third-order valence-corrected chi connectivity index (χ3v) is 2.89. The van der Waals surface area contributed by atoms with Crippen LogP contribution in [0.4, 0.5) is 0 Å². The number of ether oxygens (including phenoxy) is 1. The van der Waals surface area contributed by atoms with Crippen molar-refractivity contribution in [1.82, 2.24) is 0 Å². The normalized spacial score (nSPS) is 10.1. The third kappa shape index (κ3) is 2.90. The molecule has 0 amide bonds. The molecule has 2 rings (SSSR count). The predicted molar refractivity (Wildman–Crippen MR) is 72.4 cm³/mol. The van der Waals surface area contributed by atoms with Crippen molar-refractivity contribution >= 4 is 17.9 Å². The fourth-order valence-electron chi connectivity index (χ4n) is 1.74. The maximum absolute atomic E-state index is 10.7. The highest BCUT2D eigenvalue weighted by atomic mass is 35.5. The summed E-state index contributed by atoms with van der Waals surface area (Å²) in [5.41, 5.74) is 2.50. The monoisotopic (exact) mass is 260 g/mol. The molecular formula is C15H13ClO2. The number of aldehydes is 1. The van der Waals surface area contributed by atoms with E-state index >= 15 is 0 Å². The predicted octanol–water partition coefficient (Wildman–Crippen LogP) is 4.04. The highest BCUT2D eigenvalue weighted by Crippen LogP contribution is 2.30. The maximum atomic E-state index is 10.7. The number of halogens is 1. The number of benzene rings is 2. The molecular weight excluding hydrogens is 248 g/mol. The van der Waals surface area contributed by atoms with Gasteiger partial charge in [-0.1, -0.05) is 41.9 Å². The summed E-state index contributed by atoms with van der Waals surface area (Å²) in [5.74, 6) is 0.631. The Hall–Kier alpha value is -1.80. The summed E-state index contributed by atoms with van der Waals surface area (Å²) >= 11 is 6.10. The first-order valence-electron chi connectivity index (χ1n) is 5.63. The van der Waals surface area contributed by atoms with Crippen LogP contribution in [0.15, 0.2) is 42.5 Å². The first-order chi connectivity index (χ1) is 8.70. The smallest absolute Gasteiger partial charge is 0.150 e. The van der Waals surface area contributed by atoms with Gasteiger partial charge in [-0.2, -0.15) is 0 Å². The lowest BCUT2D eigenvalue weighted by atomic mass is 10.1. The van der Waals surface area contributed by atoms with Gasteiger partial charge in [0.2, 0.25) is 0 Å². The van der Waals surface area contributed by atoms with Crippen molar-refractivity contribution in [3.05, 3.63) is 64.2 Å². The van der Waals surface area contributed by atoms with Crippen molar-refractivity contribution in [2.45, 2.75) is 13.5 Å². The third-order valence-electron chi connectivity index (χ3n) is 2.61. The number of carbonyl (C=O) groups is 1. The molecule has 0 aliphatic heterocycles. The summed E-state index contributed by atoms with van der Waals surface area (Å²) in [6, 6.07) is 13.2. The maximum Gasteiger partial charge on any atom is 0.150 e. The van der Waals surface area contributed by atoms with E-state index in [1.165, 1.54) is 0 Å². The van der Waals surface area contributed by atoms with Crippen LogP contribution in [0.5, 0.6) is 5.75 Å². The summed E-state index contributed by atoms with van der Waals surface area (Å²) < 4.78 is 5.71. The van der Waals surface area contributed by atoms with Crippen LogP contribution in [0, 0.1) is 6.92 Å². The highest BCUT2D eigenvalue weighted by molar-refractivity contribution is 6.32. The van der Waals surface area contributed by atoms with Crippen molar-refractivity contribution in [1.29, 1.82) is 0 Å². The molecule has 0 N–H and O–H groups in total. The zero-order valence-corrected chi connectivity index (χ0v) is 10.8. The summed E-state index contributed by atoms with van der Waals surface area (Å²) in [6.07, 6.45) is 0.778. The van der Waals surface area contributed by atoms with Crippen molar-refractivity contribution in [2.24, 2.45) is 0 Å². The summed E-state index contributed by atoms with van der Waals surface area (Å²) in [5, 5.41) is 0.466. The zero-order chi connectivity index (χ0) is 13.0. The van der Waals surface area contributed by atoms with Gasteiger partial charge in [0.1, 0.15) is 18.6 Å². The van der Waals surface area contributed by atoms with Crippen molar-refractivity contribution in [2.75, 3.05) is 0 Å². The summed E-state index contributed by atoms with van der Waals surface area (Å²) in [6.45, 7) is 2.33. The van der Waals surface area contributed by atoms with Crippen LogP contribution in [-0.4, -0.2) is 6.29 Å². The second-order valence-electron chi connectivity index (χ2n) is 4.04. The molecule has 0 unspecified atom stereocenters. The molecule has 0 radical (unpaired) electrons. The van der Waals surface area contributed by atoms with E-state index in [9.17, 15) is 4.79 Å². The fraction of sp³-hybridized carbons (Fsp3) is 0.133. The van der Waals surface area contributed by atoms with E-state index in [4.69, 9.17) is 16.3 Å². The van der Waals surface area contributed by atoms with E-state index in [0.717, 1.165) is 17.4 Å². The Kier molecular flexibility index (Phi) is 4.00. The molecule has 2 nitrogen and oxygen atoms in total. The zero-order valence-electron chi connectivity index (χ0n) is 10.0. The molecule has 0 fully saturated rings. The molecule has 18 heavy (non-hydrogen) atoms. The van der Waals surface area contributed by atoms with Crippen molar-refractivity contribution in [3.8, 4) is 5.75 Å². The van der Waals surface area contributed by atoms with E-state index in [2.05, 4.69) is 0 Å². The summed E-state index contributed by atoms with van der Waals surface area (Å²) in [7, 11) is 0. The molecule has 0 aliphatic carbocycles. The molecule has 0 saturated carbocycles. The SMILES string of the molecule is Cc1cc(C=O)cc(Cl)c1OCc1ccccc1. The number of rotatable bonds is 4. The van der Waals surface area contributed by atoms with Crippen LogP contribution in [0.3, 0.4) is 0 Å². The standard InChI is InChI=1S/C15H13ClO2/c1-11-7-13(9-17)8-14(16)15(11)18-10-12-5-3-2-4-6-12/h2-9H,10H2,1H3. The van der Waals surface area contributed by atoms with Crippen molar-refractivity contribution < 1.29 is 9.53 Å². The minimum atomic E-state index is 0.460. The molecule has 0 aromatic heterocycles. The second-order valence-corrected chi connectivity index (χ2v) is 4.45. The molecule has 0 heterocycles. The average Bonchev–Trinajstić information content (AvgIpc) is 2.38. The highest BCUT2D eigenvalue weighted by Gasteiger charge is 2.08. The Balaban J connectivity index is 2.17. The number of hydrogen-bond acceptors (Lipinski definition) is 2. The Bertz CT molecular complexity index is 527. The van der Waals surface area contributed by atoms with Gasteiger partial charge in [-0.15, -0.1) is 0 Å². The lowest BCUT2D eigenvalue weighted by Crippen LogP contribution is -1.98. The molecule has 3 heteroatoms. The van der Waals surface area contributed by atoms with Gasteiger partial charge in [0.25, 0.3) is 0 Å². The van der Waals surface area contributed by atoms with Crippen LogP contribution < -0.4 is 4.74 Å². The Morgan fingerprint density at radius 1 is 1.22 bits per heavy atom. The Labute approximate surface area is 111 Å². The van der Waals surface area contributed by atoms with Crippen LogP contribution in [0.25, 0.3) is 0 Å². The van der Waals surface area contributed by atoms with Gasteiger partial charge in [-0.05, 0) is 30.2 Å². The van der Waals surface area contributed by atoms with Crippen LogP contribution in [0.1, 0.15) is 21.5 Å². The van der Waals surface area contributed by atoms with Gasteiger partial charge in [0, 0.05) is 5.56 Å². The molecule has 92 valence electrons. The number of carbonyl (C=O) groups excluding carboxylic acids is 1. The molecule has 0 bridgehead atoms. The lowest BCUT2D eigenvalue weighted by Gasteiger charge is -2.11. The molecule has 0 spiro atoms. The van der Waals surface area contributed by atoms with E-state index in [1.807, 2.05) is 37.3 Å². The average molecular weight is 261 g/mol. The molecule has 0 atom stereocenters. The lowest BCUT2D eigenvalue weighted by molar-refractivity contribution is 0.112. The van der Waals surface area contributed by atoms with E-state index in [-0.39, 0.29) is 0 Å². The van der Waals surface area contributed by atoms with Gasteiger partial charge < -0.3 is 4.74 Å². The van der Waals surface area contributed by atoms with Gasteiger partial charge >= 0.3 is 0 Å². The van der Waals surface area contributed by atoms with Crippen LogP contribution in [0.2, 0.25) is 5.02 Å². The largest absolute Gasteiger partial charge is 0.487 e. The minimum Gasteiger partial charge on any atom is -0.487 e. The minimum absolute atomic E-state index is 0.460. The quantitative estimate of drug-likeness (QED) is 0.776. The van der Waals surface area contributed by atoms with E-state index in [0.29, 0.717) is 22.9 Å². The first kappa shape index (κ1) is 12.7. The van der Waals surface area contributed by atoms with E-state index < -0.39 is 0 Å². The number of hydrogen-bond donors (Lipinski definition) is 0. The van der Waals surface area contributed by atoms with Gasteiger partial charge in [0.15, 0.2) is 0 Å². The fourth-order valence-corrected chi connectivity index (χ4v) is 2.07. The molecule has 0 aliphatic rings. The molecule has 0 saturated heterocycles. The van der Waals surface area contributed by atoms with Gasteiger partial charge in [-0.25, -0.2) is 0 Å². The Morgan fingerprint density at radius 2 is 1.94 bits per heavy atom. The van der Waals surface area contributed by atoms with Crippen molar-refractivity contribution in [3.63, 3.8) is 0 Å².